The Hall–Kier alpha value is -7.94. The van der Waals surface area contributed by atoms with E-state index >= 15 is 0 Å². The lowest BCUT2D eigenvalue weighted by Crippen LogP contribution is -2.28. The molecule has 2 nitrogen and oxygen atoms in total. The van der Waals surface area contributed by atoms with Gasteiger partial charge in [0.25, 0.3) is 0 Å². The molecule has 2 heteroatoms. The number of benzene rings is 10. The first-order valence-corrected chi connectivity index (χ1v) is 21.1. The first-order chi connectivity index (χ1) is 30.3. The Morgan fingerprint density at radius 1 is 0.295 bits per heavy atom. The molecule has 1 atom stereocenters. The van der Waals surface area contributed by atoms with Crippen molar-refractivity contribution in [1.29, 1.82) is 0 Å². The predicted molar refractivity (Wildman–Crippen MR) is 255 cm³/mol. The Bertz CT molecular complexity index is 3210. The summed E-state index contributed by atoms with van der Waals surface area (Å²) in [5.74, 6) is 0. The van der Waals surface area contributed by atoms with Crippen LogP contribution in [0.3, 0.4) is 0 Å². The Morgan fingerprint density at radius 2 is 0.754 bits per heavy atom. The molecule has 0 fully saturated rings. The van der Waals surface area contributed by atoms with Gasteiger partial charge in [0.05, 0.1) is 22.5 Å². The van der Waals surface area contributed by atoms with Gasteiger partial charge in [-0.05, 0) is 104 Å². The van der Waals surface area contributed by atoms with Crippen LogP contribution in [-0.4, -0.2) is 0 Å². The van der Waals surface area contributed by atoms with Crippen molar-refractivity contribution in [2.45, 2.75) is 5.41 Å². The van der Waals surface area contributed by atoms with Crippen molar-refractivity contribution >= 4 is 44.9 Å². The van der Waals surface area contributed by atoms with Gasteiger partial charge in [-0.2, -0.15) is 0 Å². The number of rotatable bonds is 7. The average Bonchev–Trinajstić information content (AvgIpc) is 3.82. The number of para-hydroxylation sites is 4. The molecule has 0 saturated carbocycles. The molecule has 2 aliphatic carbocycles. The summed E-state index contributed by atoms with van der Waals surface area (Å²) < 4.78 is 0. The van der Waals surface area contributed by atoms with Gasteiger partial charge in [0.15, 0.2) is 0 Å². The normalized spacial score (nSPS) is 14.3. The quantitative estimate of drug-likeness (QED) is 0.159. The van der Waals surface area contributed by atoms with Crippen LogP contribution in [-0.2, 0) is 5.41 Å². The first-order valence-electron chi connectivity index (χ1n) is 21.1. The zero-order chi connectivity index (χ0) is 40.3. The summed E-state index contributed by atoms with van der Waals surface area (Å²) in [5.41, 5.74) is 18.8. The standard InChI is InChI=1S/C59H40N2/c1-5-22-41(23-6-1)46-31-17-20-38-53(46)61(45-29-11-4-12-30-45)54-39-21-37-52-57(54)49-34-16-19-36-51(49)59(52)50-35-18-15-33-48(50)56-47-32-14-13-24-42(47)40-55(58(56)59)60(43-25-7-2-8-26-43)44-27-9-3-10-28-44/h1-40H. The Kier molecular flexibility index (Phi) is 8.11. The van der Waals surface area contributed by atoms with Gasteiger partial charge >= 0.3 is 0 Å². The zero-order valence-electron chi connectivity index (χ0n) is 33.5. The fourth-order valence-corrected chi connectivity index (χ4v) is 10.5. The van der Waals surface area contributed by atoms with E-state index in [0.29, 0.717) is 0 Å². The minimum Gasteiger partial charge on any atom is -0.310 e. The number of hydrogen-bond donors (Lipinski definition) is 0. The maximum Gasteiger partial charge on any atom is 0.0747 e. The maximum atomic E-state index is 2.49. The molecule has 0 amide bonds. The predicted octanol–water partition coefficient (Wildman–Crippen LogP) is 15.8. The highest BCUT2D eigenvalue weighted by atomic mass is 15.2. The van der Waals surface area contributed by atoms with Crippen molar-refractivity contribution in [2.24, 2.45) is 0 Å². The molecule has 0 heterocycles. The van der Waals surface area contributed by atoms with Crippen molar-refractivity contribution in [2.75, 3.05) is 9.80 Å². The molecule has 1 spiro atoms. The van der Waals surface area contributed by atoms with E-state index in [9.17, 15) is 0 Å². The van der Waals surface area contributed by atoms with E-state index in [1.165, 1.54) is 72.1 Å². The molecule has 0 radical (unpaired) electrons. The lowest BCUT2D eigenvalue weighted by Gasteiger charge is -2.36. The molecule has 0 aromatic heterocycles. The van der Waals surface area contributed by atoms with Gasteiger partial charge < -0.3 is 9.80 Å². The van der Waals surface area contributed by atoms with Gasteiger partial charge in [0, 0.05) is 33.8 Å². The molecule has 0 N–H and O–H groups in total. The lowest BCUT2D eigenvalue weighted by atomic mass is 9.69. The second-order valence-corrected chi connectivity index (χ2v) is 16.0. The molecule has 2 aliphatic rings. The van der Waals surface area contributed by atoms with Crippen LogP contribution in [0, 0.1) is 0 Å². The molecule has 0 bridgehead atoms. The van der Waals surface area contributed by atoms with E-state index in [2.05, 4.69) is 252 Å². The first kappa shape index (κ1) is 35.0. The average molecular weight is 777 g/mol. The molecule has 10 aromatic rings. The summed E-state index contributed by atoms with van der Waals surface area (Å²) in [4.78, 5) is 4.97. The van der Waals surface area contributed by atoms with Crippen molar-refractivity contribution < 1.29 is 0 Å². The summed E-state index contributed by atoms with van der Waals surface area (Å²) in [5, 5.41) is 2.48. The fraction of sp³-hybridized carbons (Fsp3) is 0.0169. The van der Waals surface area contributed by atoms with E-state index in [1.54, 1.807) is 0 Å². The van der Waals surface area contributed by atoms with Crippen LogP contribution in [0.4, 0.5) is 34.1 Å². The summed E-state index contributed by atoms with van der Waals surface area (Å²) in [6, 6.07) is 89.0. The minimum atomic E-state index is -0.643. The highest BCUT2D eigenvalue weighted by molar-refractivity contribution is 6.12. The van der Waals surface area contributed by atoms with Gasteiger partial charge in [-0.3, -0.25) is 0 Å². The summed E-state index contributed by atoms with van der Waals surface area (Å²) in [7, 11) is 0. The third-order valence-electron chi connectivity index (χ3n) is 12.8. The van der Waals surface area contributed by atoms with Gasteiger partial charge in [0.2, 0.25) is 0 Å². The summed E-state index contributed by atoms with van der Waals surface area (Å²) in [6.07, 6.45) is 0. The number of anilines is 6. The van der Waals surface area contributed by atoms with Crippen molar-refractivity contribution in [3.63, 3.8) is 0 Å². The van der Waals surface area contributed by atoms with Crippen LogP contribution in [0.1, 0.15) is 22.3 Å². The molecular formula is C59H40N2. The molecule has 286 valence electrons. The Labute approximate surface area is 356 Å². The van der Waals surface area contributed by atoms with E-state index in [4.69, 9.17) is 0 Å². The van der Waals surface area contributed by atoms with Crippen LogP contribution in [0.15, 0.2) is 243 Å². The molecule has 0 aliphatic heterocycles. The number of nitrogens with zero attached hydrogens (tertiary/aromatic N) is 2. The van der Waals surface area contributed by atoms with Crippen LogP contribution < -0.4 is 9.80 Å². The largest absolute Gasteiger partial charge is 0.310 e. The van der Waals surface area contributed by atoms with E-state index in [-0.39, 0.29) is 0 Å². The van der Waals surface area contributed by atoms with Gasteiger partial charge in [-0.1, -0.05) is 188 Å². The Balaban J connectivity index is 1.23. The molecule has 12 rings (SSSR count). The highest BCUT2D eigenvalue weighted by Gasteiger charge is 2.54. The van der Waals surface area contributed by atoms with E-state index in [0.717, 1.165) is 28.4 Å². The van der Waals surface area contributed by atoms with E-state index in [1.807, 2.05) is 0 Å². The van der Waals surface area contributed by atoms with Crippen LogP contribution >= 0.6 is 0 Å². The van der Waals surface area contributed by atoms with Gasteiger partial charge in [0.1, 0.15) is 0 Å². The fourth-order valence-electron chi connectivity index (χ4n) is 10.5. The van der Waals surface area contributed by atoms with Crippen molar-refractivity contribution in [1.82, 2.24) is 0 Å². The Morgan fingerprint density at radius 3 is 1.39 bits per heavy atom. The third-order valence-corrected chi connectivity index (χ3v) is 12.8. The second-order valence-electron chi connectivity index (χ2n) is 16.0. The highest BCUT2D eigenvalue weighted by Crippen LogP contribution is 2.68. The van der Waals surface area contributed by atoms with Crippen LogP contribution in [0.5, 0.6) is 0 Å². The van der Waals surface area contributed by atoms with Crippen LogP contribution in [0.25, 0.3) is 44.2 Å². The van der Waals surface area contributed by atoms with Crippen molar-refractivity contribution in [3.8, 4) is 33.4 Å². The minimum absolute atomic E-state index is 0.643. The molecule has 10 aromatic carbocycles. The zero-order valence-corrected chi connectivity index (χ0v) is 33.5. The number of fused-ring (bicyclic) bond motifs is 12. The SMILES string of the molecule is c1ccc(-c2ccccc2N(c2ccccc2)c2cccc3c2-c2ccccc2C32c3ccccc3-c3c2c(N(c2ccccc2)c2ccccc2)cc2ccccc32)cc1. The molecule has 61 heavy (non-hydrogen) atoms. The van der Waals surface area contributed by atoms with Crippen molar-refractivity contribution in [3.05, 3.63) is 265 Å². The van der Waals surface area contributed by atoms with Gasteiger partial charge in [-0.15, -0.1) is 0 Å². The molecular weight excluding hydrogens is 737 g/mol. The number of hydrogen-bond acceptors (Lipinski definition) is 2. The summed E-state index contributed by atoms with van der Waals surface area (Å²) >= 11 is 0. The second kappa shape index (κ2) is 14.1. The third kappa shape index (κ3) is 5.22. The van der Waals surface area contributed by atoms with E-state index < -0.39 is 5.41 Å². The topological polar surface area (TPSA) is 6.48 Å². The molecule has 1 unspecified atom stereocenters. The maximum absolute atomic E-state index is 2.49. The van der Waals surface area contributed by atoms with Gasteiger partial charge in [-0.25, -0.2) is 0 Å². The van der Waals surface area contributed by atoms with Crippen LogP contribution in [0.2, 0.25) is 0 Å². The monoisotopic (exact) mass is 776 g/mol. The lowest BCUT2D eigenvalue weighted by molar-refractivity contribution is 0.793. The summed E-state index contributed by atoms with van der Waals surface area (Å²) in [6.45, 7) is 0. The molecule has 0 saturated heterocycles. The smallest absolute Gasteiger partial charge is 0.0747 e.